The first-order chi connectivity index (χ1) is 8.26. The largest absolute Gasteiger partial charge is 0.479 e. The number of benzene rings is 1. The Balaban J connectivity index is 2.49. The molecule has 4 nitrogen and oxygen atoms in total. The van der Waals surface area contributed by atoms with Gasteiger partial charge in [-0.3, -0.25) is 0 Å². The summed E-state index contributed by atoms with van der Waals surface area (Å²) in [6.07, 6.45) is -0.737. The first-order valence-electron chi connectivity index (χ1n) is 5.62. The molecule has 5 heteroatoms. The van der Waals surface area contributed by atoms with Gasteiger partial charge in [0.15, 0.2) is 11.4 Å². The van der Waals surface area contributed by atoms with Crippen molar-refractivity contribution in [3.8, 4) is 0 Å². The molecule has 98 valence electrons. The Hall–Kier alpha value is -1.10. The zero-order chi connectivity index (χ0) is 13.6. The fourth-order valence-electron chi connectivity index (χ4n) is 2.19. The van der Waals surface area contributed by atoms with E-state index in [1.54, 1.807) is 38.1 Å². The maximum Gasteiger partial charge on any atom is 0.338 e. The summed E-state index contributed by atoms with van der Waals surface area (Å²) >= 11 is 6.10. The lowest BCUT2D eigenvalue weighted by atomic mass is 9.93. The SMILES string of the molecule is CC1(C)O[C@@H](c2ccccc2Cl)[C@](C)(C(=O)O)O1. The number of ether oxygens (including phenoxy) is 2. The summed E-state index contributed by atoms with van der Waals surface area (Å²) in [5.74, 6) is -2.03. The van der Waals surface area contributed by atoms with E-state index in [1.807, 2.05) is 0 Å². The molecule has 1 heterocycles. The first kappa shape index (κ1) is 13.3. The number of carbonyl (C=O) groups is 1. The molecule has 0 radical (unpaired) electrons. The fourth-order valence-corrected chi connectivity index (χ4v) is 2.42. The maximum absolute atomic E-state index is 11.5. The predicted molar refractivity (Wildman–Crippen MR) is 66.5 cm³/mol. The van der Waals surface area contributed by atoms with Crippen LogP contribution in [-0.2, 0) is 14.3 Å². The highest BCUT2D eigenvalue weighted by atomic mass is 35.5. The van der Waals surface area contributed by atoms with Gasteiger partial charge in [-0.15, -0.1) is 0 Å². The zero-order valence-electron chi connectivity index (χ0n) is 10.4. The molecule has 0 bridgehead atoms. The van der Waals surface area contributed by atoms with E-state index in [0.29, 0.717) is 10.6 Å². The van der Waals surface area contributed by atoms with Crippen LogP contribution in [0.25, 0.3) is 0 Å². The molecule has 1 aromatic carbocycles. The number of hydrogen-bond donors (Lipinski definition) is 1. The van der Waals surface area contributed by atoms with Crippen molar-refractivity contribution < 1.29 is 19.4 Å². The smallest absolute Gasteiger partial charge is 0.338 e. The van der Waals surface area contributed by atoms with Crippen molar-refractivity contribution in [2.45, 2.75) is 38.3 Å². The highest BCUT2D eigenvalue weighted by molar-refractivity contribution is 6.31. The van der Waals surface area contributed by atoms with Crippen molar-refractivity contribution in [2.24, 2.45) is 0 Å². The van der Waals surface area contributed by atoms with Gasteiger partial charge in [0, 0.05) is 10.6 Å². The molecule has 1 aromatic rings. The maximum atomic E-state index is 11.5. The number of hydrogen-bond acceptors (Lipinski definition) is 3. The molecule has 0 aromatic heterocycles. The molecule has 1 fully saturated rings. The van der Waals surface area contributed by atoms with Gasteiger partial charge in [0.25, 0.3) is 0 Å². The molecule has 0 unspecified atom stereocenters. The van der Waals surface area contributed by atoms with Gasteiger partial charge in [-0.1, -0.05) is 29.8 Å². The summed E-state index contributed by atoms with van der Waals surface area (Å²) in [6.45, 7) is 4.87. The Kier molecular flexibility index (Phi) is 3.13. The molecular weight excluding hydrogens is 256 g/mol. The molecule has 0 saturated carbocycles. The van der Waals surface area contributed by atoms with Crippen LogP contribution in [0.1, 0.15) is 32.4 Å². The number of carboxylic acids is 1. The number of carboxylic acid groups (broad SMARTS) is 1. The van der Waals surface area contributed by atoms with Crippen LogP contribution in [0.4, 0.5) is 0 Å². The highest BCUT2D eigenvalue weighted by Crippen LogP contribution is 2.47. The van der Waals surface area contributed by atoms with E-state index in [2.05, 4.69) is 0 Å². The van der Waals surface area contributed by atoms with Crippen molar-refractivity contribution in [2.75, 3.05) is 0 Å². The van der Waals surface area contributed by atoms with Crippen LogP contribution in [0.5, 0.6) is 0 Å². The number of aliphatic carboxylic acids is 1. The van der Waals surface area contributed by atoms with Gasteiger partial charge in [-0.25, -0.2) is 4.79 Å². The lowest BCUT2D eigenvalue weighted by molar-refractivity contribution is -0.182. The summed E-state index contributed by atoms with van der Waals surface area (Å²) in [6, 6.07) is 7.02. The second-order valence-electron chi connectivity index (χ2n) is 4.93. The molecule has 2 rings (SSSR count). The van der Waals surface area contributed by atoms with Crippen molar-refractivity contribution in [3.05, 3.63) is 34.9 Å². The van der Waals surface area contributed by atoms with Crippen LogP contribution in [0.3, 0.4) is 0 Å². The van der Waals surface area contributed by atoms with Crippen LogP contribution >= 0.6 is 11.6 Å². The minimum Gasteiger partial charge on any atom is -0.479 e. The van der Waals surface area contributed by atoms with Gasteiger partial charge in [-0.2, -0.15) is 0 Å². The van der Waals surface area contributed by atoms with Crippen molar-refractivity contribution in [3.63, 3.8) is 0 Å². The summed E-state index contributed by atoms with van der Waals surface area (Å²) in [5, 5.41) is 9.85. The molecule has 18 heavy (non-hydrogen) atoms. The van der Waals surface area contributed by atoms with E-state index in [9.17, 15) is 9.90 Å². The van der Waals surface area contributed by atoms with Crippen molar-refractivity contribution in [1.29, 1.82) is 0 Å². The predicted octanol–water partition coefficient (Wildman–Crippen LogP) is 3.01. The minimum absolute atomic E-state index is 0.469. The van der Waals surface area contributed by atoms with E-state index in [0.717, 1.165) is 0 Å². The molecule has 0 amide bonds. The second-order valence-corrected chi connectivity index (χ2v) is 5.34. The van der Waals surface area contributed by atoms with Gasteiger partial charge in [0.2, 0.25) is 0 Å². The number of rotatable bonds is 2. The highest BCUT2D eigenvalue weighted by Gasteiger charge is 2.56. The lowest BCUT2D eigenvalue weighted by Gasteiger charge is -2.24. The Bertz CT molecular complexity index is 486. The molecule has 2 atom stereocenters. The molecule has 0 aliphatic carbocycles. The van der Waals surface area contributed by atoms with Crippen molar-refractivity contribution in [1.82, 2.24) is 0 Å². The van der Waals surface area contributed by atoms with Crippen LogP contribution in [-0.4, -0.2) is 22.5 Å². The average molecular weight is 271 g/mol. The molecule has 1 aliphatic heterocycles. The van der Waals surface area contributed by atoms with E-state index in [-0.39, 0.29) is 0 Å². The van der Waals surface area contributed by atoms with Crippen molar-refractivity contribution >= 4 is 17.6 Å². The molecule has 1 saturated heterocycles. The van der Waals surface area contributed by atoms with E-state index in [4.69, 9.17) is 21.1 Å². The van der Waals surface area contributed by atoms with E-state index < -0.39 is 23.5 Å². The molecule has 1 N–H and O–H groups in total. The first-order valence-corrected chi connectivity index (χ1v) is 6.00. The quantitative estimate of drug-likeness (QED) is 0.897. The van der Waals surface area contributed by atoms with E-state index in [1.165, 1.54) is 6.92 Å². The Morgan fingerprint density at radius 2 is 1.94 bits per heavy atom. The summed E-state index contributed by atoms with van der Waals surface area (Å²) in [5.41, 5.74) is -0.830. The third-order valence-electron chi connectivity index (χ3n) is 2.97. The molecule has 1 aliphatic rings. The fraction of sp³-hybridized carbons (Fsp3) is 0.462. The summed E-state index contributed by atoms with van der Waals surface area (Å²) in [4.78, 5) is 11.5. The second kappa shape index (κ2) is 4.23. The third kappa shape index (κ3) is 2.11. The number of halogens is 1. The molecule has 0 spiro atoms. The van der Waals surface area contributed by atoms with Gasteiger partial charge < -0.3 is 14.6 Å². The van der Waals surface area contributed by atoms with Gasteiger partial charge in [0.05, 0.1) is 0 Å². The Labute approximate surface area is 110 Å². The average Bonchev–Trinajstić information content (AvgIpc) is 2.51. The summed E-state index contributed by atoms with van der Waals surface area (Å²) < 4.78 is 11.2. The Morgan fingerprint density at radius 1 is 1.33 bits per heavy atom. The van der Waals surface area contributed by atoms with Gasteiger partial charge >= 0.3 is 5.97 Å². The third-order valence-corrected chi connectivity index (χ3v) is 3.32. The van der Waals surface area contributed by atoms with Crippen LogP contribution in [0.15, 0.2) is 24.3 Å². The zero-order valence-corrected chi connectivity index (χ0v) is 11.2. The van der Waals surface area contributed by atoms with Gasteiger partial charge in [-0.05, 0) is 26.8 Å². The standard InChI is InChI=1S/C13H15ClO4/c1-12(2)17-10(13(3,18-12)11(15)16)8-6-4-5-7-9(8)14/h4-7,10H,1-3H3,(H,15,16)/t10-,13+/m0/s1. The van der Waals surface area contributed by atoms with Gasteiger partial charge in [0.1, 0.15) is 6.10 Å². The Morgan fingerprint density at radius 3 is 2.50 bits per heavy atom. The normalized spacial score (nSPS) is 30.3. The van der Waals surface area contributed by atoms with Crippen LogP contribution in [0, 0.1) is 0 Å². The molecular formula is C13H15ClO4. The lowest BCUT2D eigenvalue weighted by Crippen LogP contribution is -2.41. The monoisotopic (exact) mass is 270 g/mol. The van der Waals surface area contributed by atoms with Crippen LogP contribution in [0.2, 0.25) is 5.02 Å². The minimum atomic E-state index is -1.45. The van der Waals surface area contributed by atoms with Crippen LogP contribution < -0.4 is 0 Å². The van der Waals surface area contributed by atoms with E-state index >= 15 is 0 Å². The topological polar surface area (TPSA) is 55.8 Å². The summed E-state index contributed by atoms with van der Waals surface area (Å²) in [7, 11) is 0.